The number of guanidine groups is 1. The summed E-state index contributed by atoms with van der Waals surface area (Å²) in [7, 11) is 0. The first kappa shape index (κ1) is 22.2. The van der Waals surface area contributed by atoms with E-state index in [1.54, 1.807) is 6.20 Å². The largest absolute Gasteiger partial charge is 0.416 e. The average molecular weight is 407 g/mol. The first-order valence-electron chi connectivity index (χ1n) is 9.27. The van der Waals surface area contributed by atoms with Crippen LogP contribution >= 0.6 is 0 Å². The zero-order valence-electron chi connectivity index (χ0n) is 16.1. The van der Waals surface area contributed by atoms with Crippen LogP contribution in [0.15, 0.2) is 53.7 Å². The minimum Gasteiger partial charge on any atom is -0.357 e. The molecule has 29 heavy (non-hydrogen) atoms. The molecule has 3 N–H and O–H groups in total. The molecule has 0 radical (unpaired) electrons. The third kappa shape index (κ3) is 7.81. The Morgan fingerprint density at radius 1 is 1.03 bits per heavy atom. The predicted octanol–water partition coefficient (Wildman–Crippen LogP) is 2.63. The summed E-state index contributed by atoms with van der Waals surface area (Å²) in [4.78, 5) is 20.7. The van der Waals surface area contributed by atoms with Crippen molar-refractivity contribution in [2.75, 3.05) is 26.2 Å². The molecule has 0 aliphatic carbocycles. The summed E-state index contributed by atoms with van der Waals surface area (Å²) in [6.45, 7) is 3.91. The van der Waals surface area contributed by atoms with Crippen LogP contribution in [0.2, 0.25) is 0 Å². The van der Waals surface area contributed by atoms with Gasteiger partial charge < -0.3 is 16.0 Å². The van der Waals surface area contributed by atoms with Gasteiger partial charge in [-0.15, -0.1) is 0 Å². The van der Waals surface area contributed by atoms with Gasteiger partial charge in [0.25, 0.3) is 5.91 Å². The third-order valence-corrected chi connectivity index (χ3v) is 3.89. The van der Waals surface area contributed by atoms with Gasteiger partial charge in [-0.2, -0.15) is 13.2 Å². The van der Waals surface area contributed by atoms with E-state index in [9.17, 15) is 18.0 Å². The molecule has 0 aliphatic heterocycles. The van der Waals surface area contributed by atoms with Crippen LogP contribution in [-0.2, 0) is 12.6 Å². The molecule has 0 bridgehead atoms. The molecular formula is C20H24F3N5O. The molecule has 6 nitrogen and oxygen atoms in total. The number of aromatic nitrogens is 1. The van der Waals surface area contributed by atoms with E-state index < -0.39 is 17.6 Å². The number of aliphatic imine (C=N–C) groups is 1. The minimum absolute atomic E-state index is 0.175. The number of nitrogens with zero attached hydrogens (tertiary/aromatic N) is 2. The Morgan fingerprint density at radius 2 is 1.76 bits per heavy atom. The van der Waals surface area contributed by atoms with Crippen molar-refractivity contribution in [3.8, 4) is 0 Å². The van der Waals surface area contributed by atoms with Crippen molar-refractivity contribution in [2.24, 2.45) is 4.99 Å². The minimum atomic E-state index is -4.42. The molecule has 0 fully saturated rings. The Morgan fingerprint density at radius 3 is 2.38 bits per heavy atom. The van der Waals surface area contributed by atoms with Crippen molar-refractivity contribution in [2.45, 2.75) is 19.5 Å². The van der Waals surface area contributed by atoms with Crippen LogP contribution in [0, 0.1) is 0 Å². The lowest BCUT2D eigenvalue weighted by Crippen LogP contribution is -2.41. The lowest BCUT2D eigenvalue weighted by atomic mass is 10.1. The third-order valence-electron chi connectivity index (χ3n) is 3.89. The second kappa shape index (κ2) is 11.0. The fraction of sp³-hybridized carbons (Fsp3) is 0.350. The van der Waals surface area contributed by atoms with Crippen molar-refractivity contribution in [3.05, 3.63) is 65.5 Å². The van der Waals surface area contributed by atoms with E-state index in [0.29, 0.717) is 38.6 Å². The van der Waals surface area contributed by atoms with Crippen LogP contribution in [0.3, 0.4) is 0 Å². The van der Waals surface area contributed by atoms with Crippen molar-refractivity contribution < 1.29 is 18.0 Å². The van der Waals surface area contributed by atoms with Crippen molar-refractivity contribution in [3.63, 3.8) is 0 Å². The number of hydrogen-bond donors (Lipinski definition) is 3. The van der Waals surface area contributed by atoms with Gasteiger partial charge >= 0.3 is 6.18 Å². The second-order valence-electron chi connectivity index (χ2n) is 6.09. The van der Waals surface area contributed by atoms with Gasteiger partial charge in [0, 0.05) is 50.1 Å². The van der Waals surface area contributed by atoms with E-state index >= 15 is 0 Å². The number of nitrogens with one attached hydrogen (secondary N) is 3. The Hall–Kier alpha value is -3.10. The van der Waals surface area contributed by atoms with Crippen LogP contribution in [0.5, 0.6) is 0 Å². The van der Waals surface area contributed by atoms with Gasteiger partial charge in [-0.3, -0.25) is 14.8 Å². The Balaban J connectivity index is 1.76. The standard InChI is InChI=1S/C20H24F3N5O/c1-2-24-19(27-12-10-17-5-3-4-11-25-17)28-14-13-26-18(29)15-6-8-16(9-7-15)20(21,22)23/h3-9,11H,2,10,12-14H2,1H3,(H,26,29)(H2,24,27,28). The first-order chi connectivity index (χ1) is 13.9. The summed E-state index contributed by atoms with van der Waals surface area (Å²) in [5.74, 6) is 0.185. The van der Waals surface area contributed by atoms with E-state index in [0.717, 1.165) is 30.0 Å². The van der Waals surface area contributed by atoms with Gasteiger partial charge in [0.2, 0.25) is 0 Å². The Bertz CT molecular complexity index is 792. The van der Waals surface area contributed by atoms with Crippen molar-refractivity contribution >= 4 is 11.9 Å². The zero-order chi connectivity index (χ0) is 21.1. The number of rotatable bonds is 8. The van der Waals surface area contributed by atoms with Gasteiger partial charge in [0.05, 0.1) is 5.56 Å². The van der Waals surface area contributed by atoms with Crippen LogP contribution in [-0.4, -0.2) is 43.0 Å². The van der Waals surface area contributed by atoms with Gasteiger partial charge in [0.15, 0.2) is 5.96 Å². The second-order valence-corrected chi connectivity index (χ2v) is 6.09. The van der Waals surface area contributed by atoms with Gasteiger partial charge in [-0.05, 0) is 43.3 Å². The molecule has 0 saturated carbocycles. The SMILES string of the molecule is CCNC(=NCCc1ccccn1)NCCNC(=O)c1ccc(C(F)(F)F)cc1. The summed E-state index contributed by atoms with van der Waals surface area (Å²) in [5, 5.41) is 8.87. The summed E-state index contributed by atoms with van der Waals surface area (Å²) < 4.78 is 37.7. The van der Waals surface area contributed by atoms with Gasteiger partial charge in [-0.25, -0.2) is 0 Å². The fourth-order valence-electron chi connectivity index (χ4n) is 2.44. The number of hydrogen-bond acceptors (Lipinski definition) is 3. The van der Waals surface area contributed by atoms with Crippen LogP contribution in [0.25, 0.3) is 0 Å². The normalized spacial score (nSPS) is 11.8. The number of halogens is 3. The number of carbonyl (C=O) groups excluding carboxylic acids is 1. The van der Waals surface area contributed by atoms with Gasteiger partial charge in [-0.1, -0.05) is 6.07 Å². The highest BCUT2D eigenvalue weighted by Gasteiger charge is 2.30. The molecule has 0 unspecified atom stereocenters. The van der Waals surface area contributed by atoms with Crippen LogP contribution < -0.4 is 16.0 Å². The number of amides is 1. The molecule has 156 valence electrons. The summed E-state index contributed by atoms with van der Waals surface area (Å²) in [6, 6.07) is 9.83. The highest BCUT2D eigenvalue weighted by molar-refractivity contribution is 5.94. The molecule has 2 rings (SSSR count). The lowest BCUT2D eigenvalue weighted by molar-refractivity contribution is -0.137. The maximum absolute atomic E-state index is 12.6. The number of carbonyl (C=O) groups is 1. The van der Waals surface area contributed by atoms with Gasteiger partial charge in [0.1, 0.15) is 0 Å². The van der Waals surface area contributed by atoms with E-state index in [1.807, 2.05) is 25.1 Å². The molecule has 9 heteroatoms. The zero-order valence-corrected chi connectivity index (χ0v) is 16.1. The summed E-state index contributed by atoms with van der Waals surface area (Å²) >= 11 is 0. The van der Waals surface area contributed by atoms with Crippen LogP contribution in [0.1, 0.15) is 28.5 Å². The molecule has 1 aromatic carbocycles. The molecular weight excluding hydrogens is 383 g/mol. The molecule has 1 heterocycles. The molecule has 0 spiro atoms. The van der Waals surface area contributed by atoms with Crippen LogP contribution in [0.4, 0.5) is 13.2 Å². The molecule has 0 atom stereocenters. The van der Waals surface area contributed by atoms with E-state index in [-0.39, 0.29) is 5.56 Å². The maximum atomic E-state index is 12.6. The van der Waals surface area contributed by atoms with Crippen molar-refractivity contribution in [1.82, 2.24) is 20.9 Å². The summed E-state index contributed by atoms with van der Waals surface area (Å²) in [5.41, 5.74) is 0.345. The first-order valence-corrected chi connectivity index (χ1v) is 9.27. The van der Waals surface area contributed by atoms with Crippen molar-refractivity contribution in [1.29, 1.82) is 0 Å². The number of pyridine rings is 1. The molecule has 0 aliphatic rings. The molecule has 0 saturated heterocycles. The topological polar surface area (TPSA) is 78.4 Å². The van der Waals surface area contributed by atoms with E-state index in [2.05, 4.69) is 25.9 Å². The smallest absolute Gasteiger partial charge is 0.357 e. The Kier molecular flexibility index (Phi) is 8.45. The van der Waals surface area contributed by atoms with E-state index in [4.69, 9.17) is 0 Å². The summed E-state index contributed by atoms with van der Waals surface area (Å²) in [6.07, 6.45) is -1.97. The maximum Gasteiger partial charge on any atom is 0.416 e. The molecule has 1 aromatic heterocycles. The number of benzene rings is 1. The number of alkyl halides is 3. The quantitative estimate of drug-likeness (QED) is 0.357. The monoisotopic (exact) mass is 407 g/mol. The fourth-order valence-corrected chi connectivity index (χ4v) is 2.44. The average Bonchev–Trinajstić information content (AvgIpc) is 2.71. The van der Waals surface area contributed by atoms with E-state index in [1.165, 1.54) is 0 Å². The lowest BCUT2D eigenvalue weighted by Gasteiger charge is -2.12. The highest BCUT2D eigenvalue weighted by Crippen LogP contribution is 2.28. The Labute approximate surface area is 167 Å². The molecule has 1 amide bonds. The molecule has 2 aromatic rings. The highest BCUT2D eigenvalue weighted by atomic mass is 19.4. The predicted molar refractivity (Wildman–Crippen MR) is 106 cm³/mol.